The molecule has 4 N–H and O–H groups in total. The molecule has 0 aliphatic heterocycles. The molecule has 200 valence electrons. The summed E-state index contributed by atoms with van der Waals surface area (Å²) in [7, 11) is 2.00. The topological polar surface area (TPSA) is 184 Å². The molecule has 12 heteroatoms. The summed E-state index contributed by atoms with van der Waals surface area (Å²) in [5.41, 5.74) is -0.695. The molecular weight excluding hydrogens is 498 g/mol. The molecule has 1 aromatic heterocycles. The van der Waals surface area contributed by atoms with Crippen LogP contribution in [-0.2, 0) is 27.5 Å². The van der Waals surface area contributed by atoms with Gasteiger partial charge in [0.25, 0.3) is 0 Å². The van der Waals surface area contributed by atoms with E-state index in [1.807, 2.05) is 61.6 Å². The highest BCUT2D eigenvalue weighted by Crippen LogP contribution is 2.19. The predicted molar refractivity (Wildman–Crippen MR) is 133 cm³/mol. The van der Waals surface area contributed by atoms with Gasteiger partial charge >= 0.3 is 17.9 Å². The van der Waals surface area contributed by atoms with Gasteiger partial charge in [0.2, 0.25) is 11.8 Å². The van der Waals surface area contributed by atoms with Crippen LogP contribution < -0.4 is 4.74 Å². The van der Waals surface area contributed by atoms with E-state index in [4.69, 9.17) is 36.0 Å². The maximum absolute atomic E-state index is 10.3. The largest absolute Gasteiger partial charge is 0.481 e. The van der Waals surface area contributed by atoms with E-state index in [0.29, 0.717) is 18.3 Å². The van der Waals surface area contributed by atoms with Crippen molar-refractivity contribution in [1.29, 1.82) is 0 Å². The van der Waals surface area contributed by atoms with Gasteiger partial charge in [-0.1, -0.05) is 36.3 Å². The first-order chi connectivity index (χ1) is 18.0. The quantitative estimate of drug-likeness (QED) is 0.253. The third-order valence-electron chi connectivity index (χ3n) is 4.85. The van der Waals surface area contributed by atoms with Gasteiger partial charge in [0.1, 0.15) is 12.4 Å². The second kappa shape index (κ2) is 14.1. The van der Waals surface area contributed by atoms with E-state index in [2.05, 4.69) is 21.0 Å². The summed E-state index contributed by atoms with van der Waals surface area (Å²) in [6.07, 6.45) is 2.93. The van der Waals surface area contributed by atoms with Crippen molar-refractivity contribution in [3.63, 3.8) is 0 Å². The standard InChI is InChI=1S/C20H19N3O2.C6H8O7/c1-3-12-24-18-11-7-8-16(13-18)14-23(2)15-19-21-22-20(25-19)17-9-5-4-6-10-17;7-3(8)1-6(13,5(11)12)2-4(9)10/h1,4-11,13H,12,14-15H2,2H3;13H,1-2H2,(H,7,8)(H,9,10)(H,11,12). The molecule has 0 unspecified atom stereocenters. The molecule has 0 bridgehead atoms. The van der Waals surface area contributed by atoms with Crippen LogP contribution in [-0.4, -0.2) is 72.7 Å². The van der Waals surface area contributed by atoms with Crippen molar-refractivity contribution >= 4 is 17.9 Å². The molecule has 0 amide bonds. The molecule has 0 aliphatic rings. The SMILES string of the molecule is C#CCOc1cccc(CN(C)Cc2nnc(-c3ccccc3)o2)c1.O=C(O)CC(O)(CC(=O)O)C(=O)O. The minimum absolute atomic E-state index is 0.267. The van der Waals surface area contributed by atoms with E-state index in [9.17, 15) is 14.4 Å². The molecule has 2 aromatic carbocycles. The first-order valence-electron chi connectivity index (χ1n) is 11.1. The number of carboxylic acid groups (broad SMARTS) is 3. The van der Waals surface area contributed by atoms with Gasteiger partial charge < -0.3 is 29.6 Å². The summed E-state index contributed by atoms with van der Waals surface area (Å²) in [4.78, 5) is 32.6. The molecule has 0 saturated heterocycles. The molecule has 0 atom stereocenters. The lowest BCUT2D eigenvalue weighted by Gasteiger charge is -2.18. The molecule has 3 rings (SSSR count). The molecule has 12 nitrogen and oxygen atoms in total. The Balaban J connectivity index is 0.000000332. The molecule has 0 saturated carbocycles. The number of aromatic nitrogens is 2. The first kappa shape index (κ1) is 29.5. The number of ether oxygens (including phenoxy) is 1. The number of aliphatic hydroxyl groups is 1. The van der Waals surface area contributed by atoms with Crippen molar-refractivity contribution in [2.45, 2.75) is 31.5 Å². The van der Waals surface area contributed by atoms with Gasteiger partial charge in [-0.05, 0) is 36.9 Å². The Kier molecular flexibility index (Phi) is 11.0. The number of hydrogen-bond donors (Lipinski definition) is 4. The fraction of sp³-hybridized carbons (Fsp3) is 0.269. The van der Waals surface area contributed by atoms with Gasteiger partial charge in [-0.3, -0.25) is 14.5 Å². The van der Waals surface area contributed by atoms with E-state index in [-0.39, 0.29) is 6.61 Å². The Bertz CT molecular complexity index is 1250. The highest BCUT2D eigenvalue weighted by molar-refractivity contribution is 5.88. The number of hydrogen-bond acceptors (Lipinski definition) is 9. The number of benzene rings is 2. The van der Waals surface area contributed by atoms with Crippen LogP contribution in [0.5, 0.6) is 5.75 Å². The molecule has 0 spiro atoms. The molecule has 0 aliphatic carbocycles. The molecule has 0 fully saturated rings. The third kappa shape index (κ3) is 9.73. The summed E-state index contributed by atoms with van der Waals surface area (Å²) in [6.45, 7) is 1.56. The van der Waals surface area contributed by atoms with E-state index in [0.717, 1.165) is 23.4 Å². The lowest BCUT2D eigenvalue weighted by molar-refractivity contribution is -0.170. The van der Waals surface area contributed by atoms with Crippen molar-refractivity contribution < 1.29 is 44.0 Å². The van der Waals surface area contributed by atoms with Crippen LogP contribution in [0.15, 0.2) is 59.0 Å². The van der Waals surface area contributed by atoms with Crippen LogP contribution in [0.25, 0.3) is 11.5 Å². The Labute approximate surface area is 218 Å². The number of nitrogens with zero attached hydrogens (tertiary/aromatic N) is 3. The van der Waals surface area contributed by atoms with Crippen molar-refractivity contribution in [1.82, 2.24) is 15.1 Å². The minimum Gasteiger partial charge on any atom is -0.481 e. The Hall–Kier alpha value is -4.73. The van der Waals surface area contributed by atoms with Crippen LogP contribution in [0, 0.1) is 12.3 Å². The highest BCUT2D eigenvalue weighted by atomic mass is 16.5. The zero-order valence-corrected chi connectivity index (χ0v) is 20.5. The maximum Gasteiger partial charge on any atom is 0.336 e. The molecule has 0 radical (unpaired) electrons. The van der Waals surface area contributed by atoms with Crippen LogP contribution in [0.1, 0.15) is 24.3 Å². The van der Waals surface area contributed by atoms with E-state index in [1.165, 1.54) is 0 Å². The number of rotatable bonds is 12. The Morgan fingerprint density at radius 3 is 2.24 bits per heavy atom. The van der Waals surface area contributed by atoms with E-state index >= 15 is 0 Å². The lowest BCUT2D eigenvalue weighted by Crippen LogP contribution is -2.42. The minimum atomic E-state index is -2.74. The smallest absolute Gasteiger partial charge is 0.336 e. The summed E-state index contributed by atoms with van der Waals surface area (Å²) in [5.74, 6) is -0.663. The zero-order chi connectivity index (χ0) is 28.1. The molecule has 1 heterocycles. The fourth-order valence-corrected chi connectivity index (χ4v) is 3.19. The average Bonchev–Trinajstić information content (AvgIpc) is 3.31. The number of carboxylic acids is 3. The zero-order valence-electron chi connectivity index (χ0n) is 20.5. The van der Waals surface area contributed by atoms with Crippen LogP contribution in [0.4, 0.5) is 0 Å². The van der Waals surface area contributed by atoms with E-state index < -0.39 is 36.4 Å². The lowest BCUT2D eigenvalue weighted by atomic mass is 9.96. The van der Waals surface area contributed by atoms with Gasteiger partial charge in [0.15, 0.2) is 5.60 Å². The average molecular weight is 526 g/mol. The fourth-order valence-electron chi connectivity index (χ4n) is 3.19. The van der Waals surface area contributed by atoms with Crippen molar-refractivity contribution in [3.05, 3.63) is 66.1 Å². The van der Waals surface area contributed by atoms with Crippen molar-refractivity contribution in [2.24, 2.45) is 0 Å². The summed E-state index contributed by atoms with van der Waals surface area (Å²) < 4.78 is 11.2. The molecule has 3 aromatic rings. The normalized spacial score (nSPS) is 10.7. The third-order valence-corrected chi connectivity index (χ3v) is 4.85. The predicted octanol–water partition coefficient (Wildman–Crippen LogP) is 2.13. The summed E-state index contributed by atoms with van der Waals surface area (Å²) in [5, 5.41) is 42.1. The maximum atomic E-state index is 10.3. The van der Waals surface area contributed by atoms with Gasteiger partial charge in [0, 0.05) is 12.1 Å². The van der Waals surface area contributed by atoms with Crippen LogP contribution >= 0.6 is 0 Å². The van der Waals surface area contributed by atoms with Gasteiger partial charge in [-0.25, -0.2) is 4.79 Å². The summed E-state index contributed by atoms with van der Waals surface area (Å²) in [6, 6.07) is 17.6. The Morgan fingerprint density at radius 1 is 1.00 bits per heavy atom. The second-order valence-corrected chi connectivity index (χ2v) is 8.16. The Morgan fingerprint density at radius 2 is 1.66 bits per heavy atom. The van der Waals surface area contributed by atoms with Gasteiger partial charge in [0.05, 0.1) is 19.4 Å². The number of terminal acetylenes is 1. The monoisotopic (exact) mass is 525 g/mol. The summed E-state index contributed by atoms with van der Waals surface area (Å²) >= 11 is 0. The van der Waals surface area contributed by atoms with Crippen molar-refractivity contribution in [2.75, 3.05) is 13.7 Å². The van der Waals surface area contributed by atoms with Gasteiger partial charge in [-0.15, -0.1) is 16.6 Å². The van der Waals surface area contributed by atoms with Crippen LogP contribution in [0.2, 0.25) is 0 Å². The van der Waals surface area contributed by atoms with Crippen LogP contribution in [0.3, 0.4) is 0 Å². The molecule has 38 heavy (non-hydrogen) atoms. The van der Waals surface area contributed by atoms with Gasteiger partial charge in [-0.2, -0.15) is 0 Å². The number of carbonyl (C=O) groups is 3. The first-order valence-corrected chi connectivity index (χ1v) is 11.1. The number of aliphatic carboxylic acids is 3. The second-order valence-electron chi connectivity index (χ2n) is 8.16. The highest BCUT2D eigenvalue weighted by Gasteiger charge is 2.40. The van der Waals surface area contributed by atoms with Crippen molar-refractivity contribution in [3.8, 4) is 29.5 Å². The van der Waals surface area contributed by atoms with E-state index in [1.54, 1.807) is 0 Å². The molecular formula is C26H27N3O9.